The lowest BCUT2D eigenvalue weighted by atomic mass is 10.1. The van der Waals surface area contributed by atoms with Crippen LogP contribution in [0.2, 0.25) is 0 Å². The van der Waals surface area contributed by atoms with Crippen LogP contribution in [-0.2, 0) is 6.61 Å². The molecule has 7 rings (SSSR count). The predicted molar refractivity (Wildman–Crippen MR) is 167 cm³/mol. The maximum atomic E-state index is 12.9. The second-order valence-corrected chi connectivity index (χ2v) is 13.3. The number of carbonyl (C=O) groups excluding carboxylic acids is 1. The molecule has 2 aromatic carbocycles. The summed E-state index contributed by atoms with van der Waals surface area (Å²) in [6, 6.07) is 11.9. The highest BCUT2D eigenvalue weighted by atomic mass is 32.1. The number of rotatable bonds is 8. The fourth-order valence-electron chi connectivity index (χ4n) is 5.29. The van der Waals surface area contributed by atoms with Gasteiger partial charge in [-0.25, -0.2) is 19.5 Å². The molecule has 9 nitrogen and oxygen atoms in total. The number of aromatic nitrogens is 5. The molecule has 1 saturated carbocycles. The van der Waals surface area contributed by atoms with Crippen molar-refractivity contribution in [1.82, 2.24) is 29.5 Å². The number of fused-ring (bicyclic) bond motifs is 2. The predicted octanol–water partition coefficient (Wildman–Crippen LogP) is 7.10. The van der Waals surface area contributed by atoms with E-state index in [9.17, 15) is 4.79 Å². The molecular formula is C30H28N6O3S3. The van der Waals surface area contributed by atoms with E-state index in [2.05, 4.69) is 5.10 Å². The number of carbonyl (C=O) groups is 1. The standard InChI is InChI=1S/C30H28N6O3S3/c1-17-34-36-14-24(33-30(36)41-17)28-32-23-12-22(38-3)13-25(26(23)42-28)39-15-20-16-40-27(31-20)18-8-10-19(11-9-18)29(37)35(2)21-6-4-5-7-21/h8-14,16,21H,4-7,15H2,1-3H3. The zero-order valence-electron chi connectivity index (χ0n) is 23.4. The summed E-state index contributed by atoms with van der Waals surface area (Å²) in [5.41, 5.74) is 4.08. The Kier molecular flexibility index (Phi) is 7.12. The Morgan fingerprint density at radius 2 is 1.88 bits per heavy atom. The van der Waals surface area contributed by atoms with Gasteiger partial charge in [0.1, 0.15) is 38.8 Å². The summed E-state index contributed by atoms with van der Waals surface area (Å²) < 4.78 is 14.5. The molecule has 0 radical (unpaired) electrons. The smallest absolute Gasteiger partial charge is 0.253 e. The highest BCUT2D eigenvalue weighted by molar-refractivity contribution is 7.22. The van der Waals surface area contributed by atoms with Gasteiger partial charge in [-0.2, -0.15) is 5.10 Å². The van der Waals surface area contributed by atoms with Crippen molar-refractivity contribution in [3.63, 3.8) is 0 Å². The van der Waals surface area contributed by atoms with Gasteiger partial charge in [0.15, 0.2) is 0 Å². The minimum Gasteiger partial charge on any atom is -0.497 e. The molecule has 1 amide bonds. The third-order valence-electron chi connectivity index (χ3n) is 7.53. The molecular weight excluding hydrogens is 589 g/mol. The van der Waals surface area contributed by atoms with E-state index in [1.54, 1.807) is 34.3 Å². The van der Waals surface area contributed by atoms with E-state index in [1.165, 1.54) is 24.2 Å². The molecule has 0 N–H and O–H groups in total. The van der Waals surface area contributed by atoms with Gasteiger partial charge in [0.2, 0.25) is 4.96 Å². The van der Waals surface area contributed by atoms with Crippen LogP contribution in [0.4, 0.5) is 0 Å². The summed E-state index contributed by atoms with van der Waals surface area (Å²) in [6.45, 7) is 2.27. The van der Waals surface area contributed by atoms with Gasteiger partial charge in [-0.1, -0.05) is 36.3 Å². The first-order valence-electron chi connectivity index (χ1n) is 13.7. The van der Waals surface area contributed by atoms with Crippen LogP contribution in [0.15, 0.2) is 48.0 Å². The zero-order valence-corrected chi connectivity index (χ0v) is 25.8. The summed E-state index contributed by atoms with van der Waals surface area (Å²) >= 11 is 4.64. The summed E-state index contributed by atoms with van der Waals surface area (Å²) in [6.07, 6.45) is 6.49. The quantitative estimate of drug-likeness (QED) is 0.180. The van der Waals surface area contributed by atoms with E-state index < -0.39 is 0 Å². The first-order valence-corrected chi connectivity index (χ1v) is 16.2. The van der Waals surface area contributed by atoms with E-state index in [0.29, 0.717) is 29.7 Å². The molecule has 214 valence electrons. The zero-order chi connectivity index (χ0) is 28.8. The maximum Gasteiger partial charge on any atom is 0.253 e. The minimum atomic E-state index is 0.0806. The van der Waals surface area contributed by atoms with Crippen LogP contribution in [0, 0.1) is 6.92 Å². The SMILES string of the molecule is COc1cc(OCc2csc(-c3ccc(C(=O)N(C)C4CCCC4)cc3)n2)c2sc(-c3cn4nc(C)sc4n3)nc2c1. The molecule has 0 spiro atoms. The topological polar surface area (TPSA) is 94.7 Å². The molecule has 4 heterocycles. The summed E-state index contributed by atoms with van der Waals surface area (Å²) in [4.78, 5) is 30.0. The van der Waals surface area contributed by atoms with Gasteiger partial charge in [0.05, 0.1) is 29.2 Å². The Bertz CT molecular complexity index is 1870. The third kappa shape index (κ3) is 5.14. The molecule has 1 fully saturated rings. The van der Waals surface area contributed by atoms with Crippen molar-refractivity contribution in [2.24, 2.45) is 0 Å². The van der Waals surface area contributed by atoms with Gasteiger partial charge < -0.3 is 14.4 Å². The van der Waals surface area contributed by atoms with Crippen LogP contribution in [-0.4, -0.2) is 55.6 Å². The number of methoxy groups -OCH3 is 1. The molecule has 6 aromatic rings. The lowest BCUT2D eigenvalue weighted by Crippen LogP contribution is -2.35. The van der Waals surface area contributed by atoms with Gasteiger partial charge in [-0.15, -0.1) is 22.7 Å². The monoisotopic (exact) mass is 616 g/mol. The van der Waals surface area contributed by atoms with Crippen LogP contribution in [0.3, 0.4) is 0 Å². The van der Waals surface area contributed by atoms with Crippen molar-refractivity contribution in [3.05, 3.63) is 64.2 Å². The van der Waals surface area contributed by atoms with Crippen LogP contribution in [0.1, 0.15) is 46.7 Å². The first kappa shape index (κ1) is 27.0. The van der Waals surface area contributed by atoms with E-state index in [1.807, 2.05) is 66.8 Å². The first-order chi connectivity index (χ1) is 20.4. The van der Waals surface area contributed by atoms with Crippen LogP contribution < -0.4 is 9.47 Å². The fraction of sp³-hybridized carbons (Fsp3) is 0.300. The van der Waals surface area contributed by atoms with Crippen molar-refractivity contribution in [2.75, 3.05) is 14.2 Å². The summed E-state index contributed by atoms with van der Waals surface area (Å²) in [7, 11) is 3.55. The molecule has 0 unspecified atom stereocenters. The van der Waals surface area contributed by atoms with E-state index in [0.717, 1.165) is 60.0 Å². The van der Waals surface area contributed by atoms with Crippen molar-refractivity contribution < 1.29 is 14.3 Å². The highest BCUT2D eigenvalue weighted by Gasteiger charge is 2.24. The summed E-state index contributed by atoms with van der Waals surface area (Å²) in [5.74, 6) is 1.44. The van der Waals surface area contributed by atoms with Gasteiger partial charge >= 0.3 is 0 Å². The van der Waals surface area contributed by atoms with Crippen molar-refractivity contribution in [1.29, 1.82) is 0 Å². The Morgan fingerprint density at radius 3 is 2.64 bits per heavy atom. The number of benzene rings is 2. The molecule has 12 heteroatoms. The normalized spacial score (nSPS) is 13.8. The summed E-state index contributed by atoms with van der Waals surface area (Å²) in [5, 5.41) is 9.11. The number of aryl methyl sites for hydroxylation is 1. The Hall–Kier alpha value is -3.87. The Labute approximate surface area is 254 Å². The van der Waals surface area contributed by atoms with Gasteiger partial charge in [0, 0.05) is 41.7 Å². The van der Waals surface area contributed by atoms with Gasteiger partial charge in [0.25, 0.3) is 5.91 Å². The molecule has 42 heavy (non-hydrogen) atoms. The lowest BCUT2D eigenvalue weighted by Gasteiger charge is -2.24. The van der Waals surface area contributed by atoms with Crippen LogP contribution >= 0.6 is 34.0 Å². The molecule has 0 atom stereocenters. The van der Waals surface area contributed by atoms with E-state index >= 15 is 0 Å². The van der Waals surface area contributed by atoms with Crippen molar-refractivity contribution in [2.45, 2.75) is 45.3 Å². The van der Waals surface area contributed by atoms with E-state index in [4.69, 9.17) is 24.4 Å². The maximum absolute atomic E-state index is 12.9. The largest absolute Gasteiger partial charge is 0.497 e. The highest BCUT2D eigenvalue weighted by Crippen LogP contribution is 2.39. The minimum absolute atomic E-state index is 0.0806. The number of thiazole rings is 2. The van der Waals surface area contributed by atoms with Crippen molar-refractivity contribution >= 4 is 55.1 Å². The number of hydrogen-bond donors (Lipinski definition) is 0. The molecule has 0 bridgehead atoms. The molecule has 0 saturated heterocycles. The average Bonchev–Trinajstić information content (AvgIpc) is 3.83. The second kappa shape index (κ2) is 11.1. The molecule has 1 aliphatic rings. The Morgan fingerprint density at radius 1 is 1.07 bits per heavy atom. The van der Waals surface area contributed by atoms with E-state index in [-0.39, 0.29) is 5.91 Å². The number of amides is 1. The van der Waals surface area contributed by atoms with Gasteiger partial charge in [-0.05, 0) is 31.9 Å². The number of hydrogen-bond acceptors (Lipinski definition) is 10. The number of nitrogens with zero attached hydrogens (tertiary/aromatic N) is 6. The molecule has 1 aliphatic carbocycles. The number of ether oxygens (including phenoxy) is 2. The second-order valence-electron chi connectivity index (χ2n) is 10.3. The Balaban J connectivity index is 1.07. The molecule has 4 aromatic heterocycles. The van der Waals surface area contributed by atoms with Crippen LogP contribution in [0.5, 0.6) is 11.5 Å². The lowest BCUT2D eigenvalue weighted by molar-refractivity contribution is 0.0735. The number of imidazole rings is 1. The van der Waals surface area contributed by atoms with Crippen molar-refractivity contribution in [3.8, 4) is 32.8 Å². The fourth-order valence-corrected chi connectivity index (χ4v) is 7.79. The molecule has 0 aliphatic heterocycles. The third-order valence-corrected chi connectivity index (χ3v) is 10.4. The average molecular weight is 617 g/mol. The van der Waals surface area contributed by atoms with Gasteiger partial charge in [-0.3, -0.25) is 4.79 Å². The van der Waals surface area contributed by atoms with Crippen LogP contribution in [0.25, 0.3) is 36.5 Å².